The zero-order chi connectivity index (χ0) is 16.1. The van der Waals surface area contributed by atoms with E-state index < -0.39 is 0 Å². The lowest BCUT2D eigenvalue weighted by Gasteiger charge is -2.20. The van der Waals surface area contributed by atoms with Crippen LogP contribution in [0.15, 0.2) is 42.2 Å². The average molecular weight is 340 g/mol. The van der Waals surface area contributed by atoms with Gasteiger partial charge in [-0.15, -0.1) is 0 Å². The molecule has 0 bridgehead atoms. The zero-order valence-corrected chi connectivity index (χ0v) is 13.4. The van der Waals surface area contributed by atoms with E-state index in [-0.39, 0.29) is 18.2 Å². The maximum absolute atomic E-state index is 12.3. The first-order valence-corrected chi connectivity index (χ1v) is 7.35. The standard InChI is InChI=1S/C15H15Cl2N3O2/c1-18-19-15(22)10-3-2-6-20(8-10)9-14(21)12-5-4-11(16)7-13(12)17/h2,4-8,18H,3,9H2,1H3,(H,19,22). The number of hydrazine groups is 1. The van der Waals surface area contributed by atoms with Crippen LogP contribution >= 0.6 is 23.2 Å². The first-order chi connectivity index (χ1) is 10.5. The van der Waals surface area contributed by atoms with Crippen molar-refractivity contribution < 1.29 is 9.59 Å². The van der Waals surface area contributed by atoms with Crippen molar-refractivity contribution in [3.63, 3.8) is 0 Å². The predicted molar refractivity (Wildman–Crippen MR) is 86.5 cm³/mol. The van der Waals surface area contributed by atoms with E-state index in [0.717, 1.165) is 0 Å². The Kier molecular flexibility index (Phi) is 5.60. The number of nitrogens with zero attached hydrogens (tertiary/aromatic N) is 1. The number of Topliss-reactive ketones (excluding diaryl/α,β-unsaturated/α-hetero) is 1. The third-order valence-corrected chi connectivity index (χ3v) is 3.59. The van der Waals surface area contributed by atoms with Crippen molar-refractivity contribution in [1.82, 2.24) is 15.8 Å². The quantitative estimate of drug-likeness (QED) is 0.639. The van der Waals surface area contributed by atoms with Crippen molar-refractivity contribution in [3.8, 4) is 0 Å². The van der Waals surface area contributed by atoms with Crippen LogP contribution in [0.4, 0.5) is 0 Å². The van der Waals surface area contributed by atoms with Crippen LogP contribution < -0.4 is 10.9 Å². The highest BCUT2D eigenvalue weighted by Crippen LogP contribution is 2.22. The molecule has 0 aromatic heterocycles. The van der Waals surface area contributed by atoms with E-state index in [4.69, 9.17) is 23.2 Å². The van der Waals surface area contributed by atoms with Gasteiger partial charge in [0.05, 0.1) is 11.6 Å². The van der Waals surface area contributed by atoms with Crippen molar-refractivity contribution in [3.05, 3.63) is 57.9 Å². The summed E-state index contributed by atoms with van der Waals surface area (Å²) in [4.78, 5) is 25.7. The van der Waals surface area contributed by atoms with Gasteiger partial charge < -0.3 is 4.90 Å². The van der Waals surface area contributed by atoms with Gasteiger partial charge in [-0.1, -0.05) is 29.3 Å². The Morgan fingerprint density at radius 1 is 1.32 bits per heavy atom. The number of amides is 1. The highest BCUT2D eigenvalue weighted by Gasteiger charge is 2.17. The van der Waals surface area contributed by atoms with Gasteiger partial charge >= 0.3 is 0 Å². The summed E-state index contributed by atoms with van der Waals surface area (Å²) in [6.07, 6.45) is 5.74. The molecule has 0 saturated heterocycles. The molecule has 2 rings (SSSR count). The summed E-state index contributed by atoms with van der Waals surface area (Å²) in [6, 6.07) is 4.75. The van der Waals surface area contributed by atoms with Crippen molar-refractivity contribution in [2.45, 2.75) is 6.42 Å². The minimum Gasteiger partial charge on any atom is -0.346 e. The summed E-state index contributed by atoms with van der Waals surface area (Å²) in [5.41, 5.74) is 6.04. The van der Waals surface area contributed by atoms with Gasteiger partial charge in [-0.3, -0.25) is 15.0 Å². The Bertz CT molecular complexity index is 656. The number of ketones is 1. The molecule has 0 aliphatic carbocycles. The summed E-state index contributed by atoms with van der Waals surface area (Å²) < 4.78 is 0. The Labute approximate surface area is 138 Å². The molecule has 1 aliphatic heterocycles. The van der Waals surface area contributed by atoms with E-state index in [1.807, 2.05) is 6.08 Å². The molecule has 0 fully saturated rings. The normalized spacial score (nSPS) is 13.8. The Morgan fingerprint density at radius 2 is 2.09 bits per heavy atom. The van der Waals surface area contributed by atoms with E-state index in [2.05, 4.69) is 10.9 Å². The number of carbonyl (C=O) groups is 2. The molecule has 1 heterocycles. The second kappa shape index (κ2) is 7.45. The third kappa shape index (κ3) is 4.10. The minimum atomic E-state index is -0.228. The van der Waals surface area contributed by atoms with Crippen LogP contribution in [0, 0.1) is 0 Å². The molecular formula is C15H15Cl2N3O2. The first-order valence-electron chi connectivity index (χ1n) is 6.59. The van der Waals surface area contributed by atoms with Crippen molar-refractivity contribution in [2.24, 2.45) is 0 Å². The van der Waals surface area contributed by atoms with E-state index >= 15 is 0 Å². The number of hydrogen-bond donors (Lipinski definition) is 2. The summed E-state index contributed by atoms with van der Waals surface area (Å²) in [6.45, 7) is 0.0915. The number of nitrogens with one attached hydrogen (secondary N) is 2. The Morgan fingerprint density at radius 3 is 2.77 bits per heavy atom. The van der Waals surface area contributed by atoms with Crippen LogP contribution in [-0.2, 0) is 4.79 Å². The van der Waals surface area contributed by atoms with Crippen LogP contribution in [0.2, 0.25) is 10.0 Å². The van der Waals surface area contributed by atoms with E-state index in [0.29, 0.717) is 27.6 Å². The molecule has 1 amide bonds. The highest BCUT2D eigenvalue weighted by atomic mass is 35.5. The monoisotopic (exact) mass is 339 g/mol. The van der Waals surface area contributed by atoms with Gasteiger partial charge in [0.2, 0.25) is 0 Å². The number of hydrogen-bond acceptors (Lipinski definition) is 4. The number of halogens is 2. The zero-order valence-electron chi connectivity index (χ0n) is 11.9. The maximum Gasteiger partial charge on any atom is 0.263 e. The summed E-state index contributed by atoms with van der Waals surface area (Å²) in [7, 11) is 1.61. The molecule has 1 aliphatic rings. The van der Waals surface area contributed by atoms with Gasteiger partial charge in [0.25, 0.3) is 5.91 Å². The second-order valence-electron chi connectivity index (χ2n) is 4.67. The van der Waals surface area contributed by atoms with Crippen LogP contribution in [0.3, 0.4) is 0 Å². The second-order valence-corrected chi connectivity index (χ2v) is 5.51. The van der Waals surface area contributed by atoms with Crippen LogP contribution in [0.5, 0.6) is 0 Å². The topological polar surface area (TPSA) is 61.4 Å². The van der Waals surface area contributed by atoms with E-state index in [9.17, 15) is 9.59 Å². The van der Waals surface area contributed by atoms with Gasteiger partial charge in [0.15, 0.2) is 5.78 Å². The fourth-order valence-corrected chi connectivity index (χ4v) is 2.53. The molecule has 1 aromatic carbocycles. The number of carbonyl (C=O) groups excluding carboxylic acids is 2. The van der Waals surface area contributed by atoms with Crippen LogP contribution in [0.25, 0.3) is 0 Å². The molecule has 116 valence electrons. The lowest BCUT2D eigenvalue weighted by molar-refractivity contribution is -0.118. The largest absolute Gasteiger partial charge is 0.346 e. The molecule has 0 atom stereocenters. The van der Waals surface area contributed by atoms with Crippen molar-refractivity contribution >= 4 is 34.9 Å². The number of rotatable bonds is 5. The van der Waals surface area contributed by atoms with Gasteiger partial charge in [0, 0.05) is 35.6 Å². The average Bonchev–Trinajstić information content (AvgIpc) is 2.47. The number of allylic oxidation sites excluding steroid dienone is 1. The molecule has 2 N–H and O–H groups in total. The molecule has 7 heteroatoms. The fourth-order valence-electron chi connectivity index (χ4n) is 2.02. The molecule has 0 radical (unpaired) electrons. The lowest BCUT2D eigenvalue weighted by atomic mass is 10.1. The number of benzene rings is 1. The van der Waals surface area contributed by atoms with Gasteiger partial charge in [-0.25, -0.2) is 5.43 Å². The molecule has 22 heavy (non-hydrogen) atoms. The van der Waals surface area contributed by atoms with Gasteiger partial charge in [-0.05, 0) is 24.6 Å². The SMILES string of the molecule is CNNC(=O)C1=CN(CC(=O)c2ccc(Cl)cc2Cl)C=CC1. The van der Waals surface area contributed by atoms with Crippen LogP contribution in [0.1, 0.15) is 16.8 Å². The van der Waals surface area contributed by atoms with Crippen molar-refractivity contribution in [1.29, 1.82) is 0 Å². The Balaban J connectivity index is 2.09. The predicted octanol–water partition coefficient (Wildman–Crippen LogP) is 2.53. The van der Waals surface area contributed by atoms with Crippen molar-refractivity contribution in [2.75, 3.05) is 13.6 Å². The molecule has 0 unspecified atom stereocenters. The molecular weight excluding hydrogens is 325 g/mol. The first kappa shape index (κ1) is 16.5. The molecule has 0 saturated carbocycles. The summed E-state index contributed by atoms with van der Waals surface area (Å²) in [5, 5.41) is 0.793. The smallest absolute Gasteiger partial charge is 0.263 e. The summed E-state index contributed by atoms with van der Waals surface area (Å²) >= 11 is 11.9. The lowest BCUT2D eigenvalue weighted by Crippen LogP contribution is -2.36. The summed E-state index contributed by atoms with van der Waals surface area (Å²) in [5.74, 6) is -0.383. The van der Waals surface area contributed by atoms with Crippen LogP contribution in [-0.4, -0.2) is 30.2 Å². The van der Waals surface area contributed by atoms with E-state index in [1.54, 1.807) is 36.5 Å². The molecule has 5 nitrogen and oxygen atoms in total. The third-order valence-electron chi connectivity index (χ3n) is 3.04. The van der Waals surface area contributed by atoms with Gasteiger partial charge in [0.1, 0.15) is 0 Å². The molecule has 0 spiro atoms. The molecule has 1 aromatic rings. The van der Waals surface area contributed by atoms with Gasteiger partial charge in [-0.2, -0.15) is 0 Å². The maximum atomic E-state index is 12.3. The Hall–Kier alpha value is -1.82. The highest BCUT2D eigenvalue weighted by molar-refractivity contribution is 6.36. The minimum absolute atomic E-state index is 0.0915. The fraction of sp³-hybridized carbons (Fsp3) is 0.200. The van der Waals surface area contributed by atoms with E-state index in [1.165, 1.54) is 6.07 Å².